The summed E-state index contributed by atoms with van der Waals surface area (Å²) in [6, 6.07) is 0. The minimum atomic E-state index is 0.973. The standard InChI is InChI=1S/C10H15N/c1-2-3-4-6-10-7-5-8-11-9-10/h3-4,7,9H,2,5-6,8H2,1H3/b4-3-. The van der Waals surface area contributed by atoms with E-state index in [0.717, 1.165) is 25.8 Å². The molecule has 0 saturated heterocycles. The summed E-state index contributed by atoms with van der Waals surface area (Å²) < 4.78 is 0. The summed E-state index contributed by atoms with van der Waals surface area (Å²) in [5, 5.41) is 0. The van der Waals surface area contributed by atoms with Gasteiger partial charge in [-0.25, -0.2) is 0 Å². The highest BCUT2D eigenvalue weighted by molar-refractivity contribution is 5.79. The summed E-state index contributed by atoms with van der Waals surface area (Å²) in [5.41, 5.74) is 1.36. The number of hydrogen-bond acceptors (Lipinski definition) is 1. The fraction of sp³-hybridized carbons (Fsp3) is 0.500. The molecule has 60 valence electrons. The van der Waals surface area contributed by atoms with E-state index >= 15 is 0 Å². The maximum absolute atomic E-state index is 4.21. The first kappa shape index (κ1) is 8.25. The van der Waals surface area contributed by atoms with Gasteiger partial charge in [-0.15, -0.1) is 0 Å². The van der Waals surface area contributed by atoms with Crippen LogP contribution in [0.1, 0.15) is 26.2 Å². The Hall–Kier alpha value is -0.850. The lowest BCUT2D eigenvalue weighted by molar-refractivity contribution is 0.979. The molecule has 0 aliphatic carbocycles. The van der Waals surface area contributed by atoms with E-state index in [1.165, 1.54) is 5.57 Å². The van der Waals surface area contributed by atoms with Gasteiger partial charge in [-0.3, -0.25) is 4.99 Å². The molecular formula is C10H15N. The molecule has 1 rings (SSSR count). The molecule has 1 aliphatic heterocycles. The maximum Gasteiger partial charge on any atom is 0.0424 e. The van der Waals surface area contributed by atoms with Crippen LogP contribution in [0.5, 0.6) is 0 Å². The predicted molar refractivity (Wildman–Crippen MR) is 50.1 cm³/mol. The van der Waals surface area contributed by atoms with E-state index in [0.29, 0.717) is 0 Å². The Morgan fingerprint density at radius 2 is 2.45 bits per heavy atom. The summed E-state index contributed by atoms with van der Waals surface area (Å²) >= 11 is 0. The quantitative estimate of drug-likeness (QED) is 0.547. The van der Waals surface area contributed by atoms with Crippen molar-refractivity contribution in [3.63, 3.8) is 0 Å². The van der Waals surface area contributed by atoms with Gasteiger partial charge in [0.15, 0.2) is 0 Å². The van der Waals surface area contributed by atoms with Crippen molar-refractivity contribution in [2.75, 3.05) is 6.54 Å². The van der Waals surface area contributed by atoms with Crippen molar-refractivity contribution in [2.24, 2.45) is 4.99 Å². The van der Waals surface area contributed by atoms with Gasteiger partial charge in [0, 0.05) is 12.8 Å². The van der Waals surface area contributed by atoms with Crippen molar-refractivity contribution in [3.05, 3.63) is 23.8 Å². The Labute approximate surface area is 68.5 Å². The average Bonchev–Trinajstić information content (AvgIpc) is 2.07. The third-order valence-electron chi connectivity index (χ3n) is 1.68. The van der Waals surface area contributed by atoms with Gasteiger partial charge in [-0.1, -0.05) is 25.2 Å². The highest BCUT2D eigenvalue weighted by atomic mass is 14.7. The molecule has 0 aromatic carbocycles. The van der Waals surface area contributed by atoms with E-state index < -0.39 is 0 Å². The van der Waals surface area contributed by atoms with Gasteiger partial charge < -0.3 is 0 Å². The molecule has 0 radical (unpaired) electrons. The second kappa shape index (κ2) is 4.89. The largest absolute Gasteiger partial charge is 0.293 e. The third kappa shape index (κ3) is 3.17. The van der Waals surface area contributed by atoms with Crippen LogP contribution in [0.15, 0.2) is 28.8 Å². The Kier molecular flexibility index (Phi) is 3.67. The fourth-order valence-electron chi connectivity index (χ4n) is 1.08. The highest BCUT2D eigenvalue weighted by Crippen LogP contribution is 2.06. The molecule has 0 atom stereocenters. The smallest absolute Gasteiger partial charge is 0.0424 e. The number of nitrogens with zero attached hydrogens (tertiary/aromatic N) is 1. The monoisotopic (exact) mass is 149 g/mol. The zero-order valence-electron chi connectivity index (χ0n) is 7.09. The van der Waals surface area contributed by atoms with Gasteiger partial charge in [-0.05, 0) is 24.8 Å². The molecular weight excluding hydrogens is 134 g/mol. The van der Waals surface area contributed by atoms with Crippen LogP contribution in [0.3, 0.4) is 0 Å². The highest BCUT2D eigenvalue weighted by Gasteiger charge is 1.93. The first-order valence-electron chi connectivity index (χ1n) is 4.27. The van der Waals surface area contributed by atoms with Crippen LogP contribution in [0.4, 0.5) is 0 Å². The van der Waals surface area contributed by atoms with Gasteiger partial charge in [0.25, 0.3) is 0 Å². The van der Waals surface area contributed by atoms with E-state index in [-0.39, 0.29) is 0 Å². The molecule has 1 heterocycles. The van der Waals surface area contributed by atoms with Crippen molar-refractivity contribution in [2.45, 2.75) is 26.2 Å². The van der Waals surface area contributed by atoms with Crippen LogP contribution >= 0.6 is 0 Å². The summed E-state index contributed by atoms with van der Waals surface area (Å²) in [7, 11) is 0. The average molecular weight is 149 g/mol. The summed E-state index contributed by atoms with van der Waals surface area (Å²) in [6.07, 6.45) is 12.0. The van der Waals surface area contributed by atoms with Crippen molar-refractivity contribution in [1.29, 1.82) is 0 Å². The molecule has 0 unspecified atom stereocenters. The first-order chi connectivity index (χ1) is 5.43. The van der Waals surface area contributed by atoms with Crippen molar-refractivity contribution >= 4 is 6.21 Å². The minimum Gasteiger partial charge on any atom is -0.293 e. The van der Waals surface area contributed by atoms with Gasteiger partial charge >= 0.3 is 0 Å². The molecule has 1 heteroatoms. The molecule has 0 amide bonds. The van der Waals surface area contributed by atoms with E-state index in [1.54, 1.807) is 0 Å². The molecule has 0 fully saturated rings. The predicted octanol–water partition coefficient (Wildman–Crippen LogP) is 2.74. The maximum atomic E-state index is 4.21. The first-order valence-corrected chi connectivity index (χ1v) is 4.27. The van der Waals surface area contributed by atoms with E-state index in [1.807, 2.05) is 6.21 Å². The number of aliphatic imine (C=N–C) groups is 1. The Balaban J connectivity index is 2.31. The van der Waals surface area contributed by atoms with E-state index in [4.69, 9.17) is 0 Å². The fourth-order valence-corrected chi connectivity index (χ4v) is 1.08. The molecule has 11 heavy (non-hydrogen) atoms. The molecule has 0 aromatic heterocycles. The Morgan fingerprint density at radius 3 is 3.09 bits per heavy atom. The van der Waals surface area contributed by atoms with E-state index in [9.17, 15) is 0 Å². The molecule has 0 saturated carbocycles. The normalized spacial score (nSPS) is 17.4. The summed E-state index contributed by atoms with van der Waals surface area (Å²) in [4.78, 5) is 4.21. The van der Waals surface area contributed by atoms with Crippen molar-refractivity contribution < 1.29 is 0 Å². The van der Waals surface area contributed by atoms with Crippen molar-refractivity contribution in [3.8, 4) is 0 Å². The number of dihydropyridines is 1. The molecule has 1 aliphatic rings. The van der Waals surface area contributed by atoms with E-state index in [2.05, 4.69) is 30.1 Å². The SMILES string of the molecule is CC/C=C\CC1=CCCN=C1. The number of allylic oxidation sites excluding steroid dienone is 3. The molecule has 0 spiro atoms. The van der Waals surface area contributed by atoms with Crippen LogP contribution in [0, 0.1) is 0 Å². The Morgan fingerprint density at radius 1 is 1.55 bits per heavy atom. The topological polar surface area (TPSA) is 12.4 Å². The van der Waals surface area contributed by atoms with Crippen LogP contribution in [-0.2, 0) is 0 Å². The summed E-state index contributed by atoms with van der Waals surface area (Å²) in [6.45, 7) is 3.13. The van der Waals surface area contributed by atoms with Gasteiger partial charge in [0.05, 0.1) is 0 Å². The third-order valence-corrected chi connectivity index (χ3v) is 1.68. The van der Waals surface area contributed by atoms with Gasteiger partial charge in [0.2, 0.25) is 0 Å². The lowest BCUT2D eigenvalue weighted by atomic mass is 10.1. The Bertz CT molecular complexity index is 187. The van der Waals surface area contributed by atoms with Gasteiger partial charge in [0.1, 0.15) is 0 Å². The number of rotatable bonds is 3. The summed E-state index contributed by atoms with van der Waals surface area (Å²) in [5.74, 6) is 0. The lowest BCUT2D eigenvalue weighted by Crippen LogP contribution is -1.92. The number of hydrogen-bond donors (Lipinski definition) is 0. The van der Waals surface area contributed by atoms with Gasteiger partial charge in [-0.2, -0.15) is 0 Å². The molecule has 0 bridgehead atoms. The molecule has 0 N–H and O–H groups in total. The molecule has 1 nitrogen and oxygen atoms in total. The zero-order valence-corrected chi connectivity index (χ0v) is 7.09. The lowest BCUT2D eigenvalue weighted by Gasteiger charge is -2.01. The molecule has 0 aromatic rings. The van der Waals surface area contributed by atoms with Crippen LogP contribution in [0.2, 0.25) is 0 Å². The second-order valence-corrected chi connectivity index (χ2v) is 2.69. The second-order valence-electron chi connectivity index (χ2n) is 2.69. The zero-order chi connectivity index (χ0) is 7.94. The van der Waals surface area contributed by atoms with Crippen molar-refractivity contribution in [1.82, 2.24) is 0 Å². The minimum absolute atomic E-state index is 0.973. The van der Waals surface area contributed by atoms with Crippen LogP contribution < -0.4 is 0 Å². The van der Waals surface area contributed by atoms with Crippen LogP contribution in [-0.4, -0.2) is 12.8 Å². The van der Waals surface area contributed by atoms with Crippen LogP contribution in [0.25, 0.3) is 0 Å².